The van der Waals surface area contributed by atoms with Crippen LogP contribution in [0.4, 0.5) is 8.78 Å². The second-order valence-electron chi connectivity index (χ2n) is 5.53. The van der Waals surface area contributed by atoms with Crippen molar-refractivity contribution in [1.29, 1.82) is 0 Å². The summed E-state index contributed by atoms with van der Waals surface area (Å²) in [6, 6.07) is 16.0. The number of carbonyl (C=O) groups excluding carboxylic acids is 1. The quantitative estimate of drug-likeness (QED) is 0.633. The maximum atomic E-state index is 12.3. The second-order valence-corrected chi connectivity index (χ2v) is 6.59. The molecule has 0 fully saturated rings. The fraction of sp³-hybridized carbons (Fsp3) is 0.158. The Morgan fingerprint density at radius 2 is 1.85 bits per heavy atom. The van der Waals surface area contributed by atoms with E-state index >= 15 is 0 Å². The van der Waals surface area contributed by atoms with Gasteiger partial charge in [-0.15, -0.1) is 0 Å². The highest BCUT2D eigenvalue weighted by atomic mass is 32.2. The molecule has 4 nitrogen and oxygen atoms in total. The van der Waals surface area contributed by atoms with Gasteiger partial charge in [-0.05, 0) is 54.4 Å². The number of thioether (sulfide) groups is 1. The predicted octanol–water partition coefficient (Wildman–Crippen LogP) is 4.16. The number of rotatable bonds is 7. The Kier molecular flexibility index (Phi) is 6.01. The van der Waals surface area contributed by atoms with Gasteiger partial charge in [-0.2, -0.15) is 13.9 Å². The van der Waals surface area contributed by atoms with Gasteiger partial charge in [0.05, 0.1) is 5.69 Å². The van der Waals surface area contributed by atoms with Gasteiger partial charge in [-0.1, -0.05) is 23.9 Å². The van der Waals surface area contributed by atoms with Crippen molar-refractivity contribution in [3.05, 3.63) is 78.1 Å². The van der Waals surface area contributed by atoms with Crippen LogP contribution in [0.5, 0.6) is 0 Å². The Bertz CT molecular complexity index is 834. The Hall–Kier alpha value is -2.67. The summed E-state index contributed by atoms with van der Waals surface area (Å²) in [4.78, 5) is 12.5. The minimum atomic E-state index is -2.46. The number of nitrogens with one attached hydrogen (secondary N) is 1. The van der Waals surface area contributed by atoms with Crippen molar-refractivity contribution in [1.82, 2.24) is 15.1 Å². The van der Waals surface area contributed by atoms with Gasteiger partial charge in [-0.3, -0.25) is 4.79 Å². The van der Waals surface area contributed by atoms with Crippen LogP contribution in [-0.4, -0.2) is 28.0 Å². The second kappa shape index (κ2) is 8.62. The molecule has 1 heterocycles. The van der Waals surface area contributed by atoms with Gasteiger partial charge in [0.1, 0.15) is 0 Å². The zero-order valence-electron chi connectivity index (χ0n) is 13.8. The predicted molar refractivity (Wildman–Crippen MR) is 97.9 cm³/mol. The highest BCUT2D eigenvalue weighted by molar-refractivity contribution is 7.99. The van der Waals surface area contributed by atoms with Crippen LogP contribution in [0.25, 0.3) is 5.69 Å². The molecule has 0 radical (unpaired) electrons. The molecule has 0 spiro atoms. The lowest BCUT2D eigenvalue weighted by atomic mass is 10.1. The van der Waals surface area contributed by atoms with Crippen molar-refractivity contribution < 1.29 is 13.6 Å². The van der Waals surface area contributed by atoms with Crippen LogP contribution in [0, 0.1) is 0 Å². The van der Waals surface area contributed by atoms with Crippen molar-refractivity contribution in [2.24, 2.45) is 0 Å². The molecular weight excluding hydrogens is 356 g/mol. The van der Waals surface area contributed by atoms with Crippen molar-refractivity contribution in [2.75, 3.05) is 6.54 Å². The average molecular weight is 373 g/mol. The highest BCUT2D eigenvalue weighted by Crippen LogP contribution is 2.25. The van der Waals surface area contributed by atoms with Gasteiger partial charge >= 0.3 is 0 Å². The molecule has 1 amide bonds. The van der Waals surface area contributed by atoms with Crippen molar-refractivity contribution >= 4 is 17.7 Å². The molecule has 3 rings (SSSR count). The normalized spacial score (nSPS) is 10.9. The van der Waals surface area contributed by atoms with Gasteiger partial charge in [-0.25, -0.2) is 4.68 Å². The van der Waals surface area contributed by atoms with Gasteiger partial charge in [0.25, 0.3) is 11.7 Å². The smallest absolute Gasteiger partial charge is 0.288 e. The summed E-state index contributed by atoms with van der Waals surface area (Å²) < 4.78 is 26.4. The molecule has 0 saturated carbocycles. The molecule has 7 heteroatoms. The minimum absolute atomic E-state index is 0.216. The first-order chi connectivity index (χ1) is 12.6. The molecule has 1 N–H and O–H groups in total. The van der Waals surface area contributed by atoms with E-state index in [0.717, 1.165) is 11.3 Å². The van der Waals surface area contributed by atoms with Crippen LogP contribution < -0.4 is 5.32 Å². The van der Waals surface area contributed by atoms with Crippen LogP contribution in [0.15, 0.2) is 71.9 Å². The summed E-state index contributed by atoms with van der Waals surface area (Å²) in [6.45, 7) is 0.494. The van der Waals surface area contributed by atoms with Gasteiger partial charge < -0.3 is 5.32 Å². The SMILES string of the molecule is O=C(NCCc1ccc(-n2cccn2)cc1)c1ccc(SC(F)F)cc1. The van der Waals surface area contributed by atoms with Crippen LogP contribution in [0.2, 0.25) is 0 Å². The third-order valence-electron chi connectivity index (χ3n) is 3.75. The van der Waals surface area contributed by atoms with Crippen molar-refractivity contribution in [2.45, 2.75) is 17.1 Å². The first-order valence-electron chi connectivity index (χ1n) is 8.04. The van der Waals surface area contributed by atoms with E-state index in [1.54, 1.807) is 23.0 Å². The topological polar surface area (TPSA) is 46.9 Å². The number of aromatic nitrogens is 2. The number of benzene rings is 2. The molecule has 0 unspecified atom stereocenters. The molecule has 2 aromatic carbocycles. The Morgan fingerprint density at radius 3 is 2.46 bits per heavy atom. The summed E-state index contributed by atoms with van der Waals surface area (Å²) in [6.07, 6.45) is 4.30. The summed E-state index contributed by atoms with van der Waals surface area (Å²) in [7, 11) is 0. The molecule has 3 aromatic rings. The van der Waals surface area contributed by atoms with Gasteiger partial charge in [0, 0.05) is 29.4 Å². The first-order valence-corrected chi connectivity index (χ1v) is 8.92. The summed E-state index contributed by atoms with van der Waals surface area (Å²) in [5.41, 5.74) is 2.53. The number of amides is 1. The van der Waals surface area contributed by atoms with Crippen LogP contribution in [0.3, 0.4) is 0 Å². The van der Waals surface area contributed by atoms with E-state index in [-0.39, 0.29) is 5.91 Å². The van der Waals surface area contributed by atoms with Crippen LogP contribution in [0.1, 0.15) is 15.9 Å². The minimum Gasteiger partial charge on any atom is -0.352 e. The number of nitrogens with zero attached hydrogens (tertiary/aromatic N) is 2. The Balaban J connectivity index is 1.49. The lowest BCUT2D eigenvalue weighted by Crippen LogP contribution is -2.25. The number of hydrogen-bond acceptors (Lipinski definition) is 3. The van der Waals surface area contributed by atoms with E-state index in [1.807, 2.05) is 36.5 Å². The van der Waals surface area contributed by atoms with Crippen LogP contribution in [-0.2, 0) is 6.42 Å². The van der Waals surface area contributed by atoms with E-state index in [0.29, 0.717) is 35.2 Å². The number of halogens is 2. The van der Waals surface area contributed by atoms with E-state index in [1.165, 1.54) is 12.1 Å². The molecule has 0 aliphatic heterocycles. The third-order valence-corrected chi connectivity index (χ3v) is 4.47. The van der Waals surface area contributed by atoms with Crippen molar-refractivity contribution in [3.8, 4) is 5.69 Å². The average Bonchev–Trinajstić information content (AvgIpc) is 3.17. The maximum Gasteiger partial charge on any atom is 0.288 e. The lowest BCUT2D eigenvalue weighted by molar-refractivity contribution is 0.0954. The molecule has 134 valence electrons. The lowest BCUT2D eigenvalue weighted by Gasteiger charge is -2.07. The first kappa shape index (κ1) is 18.1. The molecule has 26 heavy (non-hydrogen) atoms. The fourth-order valence-electron chi connectivity index (χ4n) is 2.45. The largest absolute Gasteiger partial charge is 0.352 e. The molecule has 0 aliphatic rings. The number of carbonyl (C=O) groups is 1. The van der Waals surface area contributed by atoms with Gasteiger partial charge in [0.2, 0.25) is 0 Å². The zero-order chi connectivity index (χ0) is 18.4. The Labute approximate surface area is 154 Å². The summed E-state index contributed by atoms with van der Waals surface area (Å²) in [5.74, 6) is -2.68. The molecule has 0 aliphatic carbocycles. The zero-order valence-corrected chi connectivity index (χ0v) is 14.6. The van der Waals surface area contributed by atoms with E-state index in [2.05, 4.69) is 10.4 Å². The Morgan fingerprint density at radius 1 is 1.12 bits per heavy atom. The maximum absolute atomic E-state index is 12.3. The number of hydrogen-bond donors (Lipinski definition) is 1. The third kappa shape index (κ3) is 4.92. The summed E-state index contributed by atoms with van der Waals surface area (Å²) >= 11 is 0.463. The van der Waals surface area contributed by atoms with E-state index in [9.17, 15) is 13.6 Å². The van der Waals surface area contributed by atoms with Crippen molar-refractivity contribution in [3.63, 3.8) is 0 Å². The standard InChI is InChI=1S/C19H17F2N3OS/c20-19(21)26-17-8-4-15(5-9-17)18(25)22-12-10-14-2-6-16(7-3-14)24-13-1-11-23-24/h1-9,11,13,19H,10,12H2,(H,22,25). The summed E-state index contributed by atoms with van der Waals surface area (Å²) in [5, 5.41) is 7.01. The molecular formula is C19H17F2N3OS. The monoisotopic (exact) mass is 373 g/mol. The fourth-order valence-corrected chi connectivity index (χ4v) is 2.95. The van der Waals surface area contributed by atoms with E-state index in [4.69, 9.17) is 0 Å². The van der Waals surface area contributed by atoms with E-state index < -0.39 is 5.76 Å². The molecule has 0 bridgehead atoms. The number of alkyl halides is 2. The van der Waals surface area contributed by atoms with Gasteiger partial charge in [0.15, 0.2) is 0 Å². The highest BCUT2D eigenvalue weighted by Gasteiger charge is 2.08. The van der Waals surface area contributed by atoms with Crippen LogP contribution >= 0.6 is 11.8 Å². The molecule has 0 saturated heterocycles. The molecule has 1 aromatic heterocycles. The molecule has 0 atom stereocenters.